The second kappa shape index (κ2) is 11.2. The average Bonchev–Trinajstić information content (AvgIpc) is 2.96. The molecule has 2 rings (SSSR count). The van der Waals surface area contributed by atoms with Crippen molar-refractivity contribution in [2.24, 2.45) is 12.0 Å². The Kier molecular flexibility index (Phi) is 9.69. The van der Waals surface area contributed by atoms with Crippen molar-refractivity contribution in [1.29, 1.82) is 0 Å². The average molecular weight is 469 g/mol. The lowest BCUT2D eigenvalue weighted by atomic mass is 10.1. The van der Waals surface area contributed by atoms with Gasteiger partial charge in [0.05, 0.1) is 5.69 Å². The summed E-state index contributed by atoms with van der Waals surface area (Å²) in [5, 5.41) is 11.5. The Morgan fingerprint density at radius 1 is 1.00 bits per heavy atom. The first kappa shape index (κ1) is 22.5. The fourth-order valence-electron chi connectivity index (χ4n) is 3.24. The van der Waals surface area contributed by atoms with Gasteiger partial charge in [-0.15, -0.1) is 24.0 Å². The summed E-state index contributed by atoms with van der Waals surface area (Å²) in [5.74, 6) is 0.818. The molecule has 0 spiro atoms. The van der Waals surface area contributed by atoms with Crippen LogP contribution >= 0.6 is 24.0 Å². The number of nitrogens with one attached hydrogen (secondary N) is 2. The molecule has 0 aliphatic carbocycles. The third-order valence-electron chi connectivity index (χ3n) is 4.63. The number of halogens is 1. The molecule has 2 aromatic rings. The maximum absolute atomic E-state index is 4.64. The van der Waals surface area contributed by atoms with Crippen molar-refractivity contribution >= 4 is 29.9 Å². The number of benzene rings is 1. The highest BCUT2D eigenvalue weighted by Gasteiger charge is 2.13. The van der Waals surface area contributed by atoms with Crippen molar-refractivity contribution < 1.29 is 0 Å². The van der Waals surface area contributed by atoms with Gasteiger partial charge in [-0.05, 0) is 30.4 Å². The van der Waals surface area contributed by atoms with Crippen molar-refractivity contribution in [3.8, 4) is 0 Å². The maximum Gasteiger partial charge on any atom is 0.191 e. The molecule has 6 heteroatoms. The van der Waals surface area contributed by atoms with E-state index in [-0.39, 0.29) is 24.0 Å². The van der Waals surface area contributed by atoms with Crippen LogP contribution in [0.3, 0.4) is 0 Å². The second-order valence-electron chi connectivity index (χ2n) is 6.10. The van der Waals surface area contributed by atoms with Gasteiger partial charge in [0.2, 0.25) is 0 Å². The van der Waals surface area contributed by atoms with Crippen molar-refractivity contribution in [3.05, 3.63) is 52.3 Å². The van der Waals surface area contributed by atoms with Gasteiger partial charge in [0, 0.05) is 38.4 Å². The molecular formula is C20H32IN5. The summed E-state index contributed by atoms with van der Waals surface area (Å²) < 4.78 is 2.00. The molecule has 0 amide bonds. The van der Waals surface area contributed by atoms with E-state index in [0.29, 0.717) is 0 Å². The van der Waals surface area contributed by atoms with Gasteiger partial charge >= 0.3 is 0 Å². The highest BCUT2D eigenvalue weighted by Crippen LogP contribution is 2.15. The molecule has 0 fully saturated rings. The summed E-state index contributed by atoms with van der Waals surface area (Å²) in [7, 11) is 3.84. The lowest BCUT2D eigenvalue weighted by molar-refractivity contribution is 0.702. The fourth-order valence-corrected chi connectivity index (χ4v) is 3.24. The van der Waals surface area contributed by atoms with Crippen LogP contribution in [0, 0.1) is 0 Å². The van der Waals surface area contributed by atoms with E-state index in [2.05, 4.69) is 65.8 Å². The Morgan fingerprint density at radius 2 is 1.65 bits per heavy atom. The van der Waals surface area contributed by atoms with Crippen LogP contribution in [0.15, 0.2) is 29.3 Å². The molecule has 0 saturated carbocycles. The van der Waals surface area contributed by atoms with Crippen LogP contribution in [0.1, 0.15) is 48.8 Å². The van der Waals surface area contributed by atoms with Gasteiger partial charge in [-0.1, -0.05) is 45.0 Å². The number of aromatic nitrogens is 2. The maximum atomic E-state index is 4.64. The summed E-state index contributed by atoms with van der Waals surface area (Å²) in [6, 6.07) is 8.54. The number of guanidine groups is 1. The van der Waals surface area contributed by atoms with Crippen LogP contribution in [0.4, 0.5) is 0 Å². The topological polar surface area (TPSA) is 54.2 Å². The third-order valence-corrected chi connectivity index (χ3v) is 4.63. The molecule has 0 radical (unpaired) electrons. The van der Waals surface area contributed by atoms with E-state index in [9.17, 15) is 0 Å². The predicted octanol–water partition coefficient (Wildman–Crippen LogP) is 3.59. The first-order valence-electron chi connectivity index (χ1n) is 9.19. The predicted molar refractivity (Wildman–Crippen MR) is 120 cm³/mol. The molecule has 2 N–H and O–H groups in total. The van der Waals surface area contributed by atoms with Crippen LogP contribution in [0.5, 0.6) is 0 Å². The van der Waals surface area contributed by atoms with Crippen LogP contribution < -0.4 is 10.6 Å². The van der Waals surface area contributed by atoms with Crippen molar-refractivity contribution in [2.75, 3.05) is 7.05 Å². The standard InChI is InChI=1S/C20H31N5.HI/c1-6-15-11-9-10-12-16(15)13-22-20(21-4)23-14-17-18(7-2)24-25(5)19(17)8-3;/h9-12H,6-8,13-14H2,1-5H3,(H2,21,22,23);1H. The van der Waals surface area contributed by atoms with Crippen molar-refractivity contribution in [1.82, 2.24) is 20.4 Å². The SMILES string of the molecule is CCc1ccccc1CNC(=NC)NCc1c(CC)nn(C)c1CC.I. The van der Waals surface area contributed by atoms with Crippen LogP contribution in [-0.2, 0) is 39.4 Å². The zero-order valence-corrected chi connectivity index (χ0v) is 18.9. The third kappa shape index (κ3) is 5.46. The minimum atomic E-state index is 0. The molecule has 1 heterocycles. The van der Waals surface area contributed by atoms with Gasteiger partial charge in [-0.3, -0.25) is 9.67 Å². The van der Waals surface area contributed by atoms with Gasteiger partial charge in [0.25, 0.3) is 0 Å². The second-order valence-corrected chi connectivity index (χ2v) is 6.10. The normalized spacial score (nSPS) is 11.2. The molecule has 0 aliphatic rings. The van der Waals surface area contributed by atoms with Gasteiger partial charge in [-0.2, -0.15) is 5.10 Å². The van der Waals surface area contributed by atoms with E-state index in [1.54, 1.807) is 0 Å². The number of aryl methyl sites for hydroxylation is 3. The first-order valence-corrected chi connectivity index (χ1v) is 9.19. The Labute approximate surface area is 174 Å². The molecule has 26 heavy (non-hydrogen) atoms. The summed E-state index contributed by atoms with van der Waals surface area (Å²) in [6.45, 7) is 8.04. The molecule has 1 aromatic carbocycles. The fraction of sp³-hybridized carbons (Fsp3) is 0.500. The molecular weight excluding hydrogens is 437 g/mol. The van der Waals surface area contributed by atoms with Crippen LogP contribution in [-0.4, -0.2) is 22.8 Å². The minimum Gasteiger partial charge on any atom is -0.352 e. The first-order chi connectivity index (χ1) is 12.1. The zero-order valence-electron chi connectivity index (χ0n) is 16.6. The van der Waals surface area contributed by atoms with E-state index < -0.39 is 0 Å². The Hall–Kier alpha value is -1.57. The van der Waals surface area contributed by atoms with E-state index in [0.717, 1.165) is 38.3 Å². The lowest BCUT2D eigenvalue weighted by Crippen LogP contribution is -2.36. The summed E-state index contributed by atoms with van der Waals surface area (Å²) in [4.78, 5) is 4.36. The highest BCUT2D eigenvalue weighted by atomic mass is 127. The number of hydrogen-bond acceptors (Lipinski definition) is 2. The molecule has 144 valence electrons. The molecule has 5 nitrogen and oxygen atoms in total. The largest absolute Gasteiger partial charge is 0.352 e. The highest BCUT2D eigenvalue weighted by molar-refractivity contribution is 14.0. The van der Waals surface area contributed by atoms with Crippen molar-refractivity contribution in [3.63, 3.8) is 0 Å². The summed E-state index contributed by atoms with van der Waals surface area (Å²) >= 11 is 0. The molecule has 0 bridgehead atoms. The number of rotatable bonds is 7. The molecule has 1 aromatic heterocycles. The van der Waals surface area contributed by atoms with Crippen LogP contribution in [0.25, 0.3) is 0 Å². The van der Waals surface area contributed by atoms with Gasteiger partial charge in [0.1, 0.15) is 0 Å². The summed E-state index contributed by atoms with van der Waals surface area (Å²) in [6.07, 6.45) is 2.97. The monoisotopic (exact) mass is 469 g/mol. The molecule has 0 unspecified atom stereocenters. The number of aliphatic imine (C=N–C) groups is 1. The Balaban J connectivity index is 0.00000338. The van der Waals surface area contributed by atoms with Gasteiger partial charge < -0.3 is 10.6 Å². The molecule has 0 atom stereocenters. The van der Waals surface area contributed by atoms with E-state index in [4.69, 9.17) is 0 Å². The van der Waals surface area contributed by atoms with E-state index >= 15 is 0 Å². The van der Waals surface area contributed by atoms with Crippen LogP contribution in [0.2, 0.25) is 0 Å². The zero-order chi connectivity index (χ0) is 18.2. The van der Waals surface area contributed by atoms with Gasteiger partial charge in [0.15, 0.2) is 5.96 Å². The number of nitrogens with zero attached hydrogens (tertiary/aromatic N) is 3. The number of hydrogen-bond donors (Lipinski definition) is 2. The lowest BCUT2D eigenvalue weighted by Gasteiger charge is -2.14. The van der Waals surface area contributed by atoms with E-state index in [1.807, 2.05) is 18.8 Å². The minimum absolute atomic E-state index is 0. The smallest absolute Gasteiger partial charge is 0.191 e. The summed E-state index contributed by atoms with van der Waals surface area (Å²) in [5.41, 5.74) is 6.44. The Morgan fingerprint density at radius 3 is 2.23 bits per heavy atom. The quantitative estimate of drug-likeness (QED) is 0.370. The van der Waals surface area contributed by atoms with Crippen molar-refractivity contribution in [2.45, 2.75) is 53.1 Å². The molecule has 0 aliphatic heterocycles. The van der Waals surface area contributed by atoms with E-state index in [1.165, 1.54) is 28.1 Å². The van der Waals surface area contributed by atoms with Gasteiger partial charge in [-0.25, -0.2) is 0 Å². The molecule has 0 saturated heterocycles. The Bertz CT molecular complexity index is 721.